The second-order valence-corrected chi connectivity index (χ2v) is 7.55. The molecule has 1 aliphatic carbocycles. The number of rotatable bonds is 3. The molecule has 4 fully saturated rings. The van der Waals surface area contributed by atoms with E-state index in [2.05, 4.69) is 20.8 Å². The standard InChI is InChI=1S/C17H21BrN2O2/c18-13-1-3-14(4-2-13)20(15-5-6-15)17(21)22-16-11-19-9-7-12(16)8-10-19/h1-4,12,15-16H,5-11H2. The van der Waals surface area contributed by atoms with E-state index < -0.39 is 0 Å². The lowest BCUT2D eigenvalue weighted by Crippen LogP contribution is -2.53. The van der Waals surface area contributed by atoms with Crippen molar-refractivity contribution in [2.24, 2.45) is 5.92 Å². The summed E-state index contributed by atoms with van der Waals surface area (Å²) in [6, 6.07) is 8.24. The minimum Gasteiger partial charge on any atom is -0.444 e. The molecule has 1 aromatic carbocycles. The zero-order valence-corrected chi connectivity index (χ0v) is 14.2. The number of benzene rings is 1. The maximum Gasteiger partial charge on any atom is 0.414 e. The van der Waals surface area contributed by atoms with E-state index in [1.807, 2.05) is 29.2 Å². The fraction of sp³-hybridized carbons (Fsp3) is 0.588. The third kappa shape index (κ3) is 2.88. The van der Waals surface area contributed by atoms with Crippen LogP contribution in [0.25, 0.3) is 0 Å². The summed E-state index contributed by atoms with van der Waals surface area (Å²) in [5.41, 5.74) is 0.942. The van der Waals surface area contributed by atoms with Crippen LogP contribution in [0.1, 0.15) is 25.7 Å². The van der Waals surface area contributed by atoms with Crippen LogP contribution in [0, 0.1) is 5.92 Å². The molecule has 5 rings (SSSR count). The van der Waals surface area contributed by atoms with Crippen molar-refractivity contribution < 1.29 is 9.53 Å². The molecule has 1 amide bonds. The third-order valence-electron chi connectivity index (χ3n) is 5.06. The van der Waals surface area contributed by atoms with Gasteiger partial charge in [0.25, 0.3) is 0 Å². The predicted molar refractivity (Wildman–Crippen MR) is 89.1 cm³/mol. The van der Waals surface area contributed by atoms with E-state index >= 15 is 0 Å². The average Bonchev–Trinajstić information content (AvgIpc) is 3.35. The summed E-state index contributed by atoms with van der Waals surface area (Å²) in [5.74, 6) is 0.555. The van der Waals surface area contributed by atoms with Crippen LogP contribution in [0.15, 0.2) is 28.7 Å². The number of hydrogen-bond donors (Lipinski definition) is 0. The van der Waals surface area contributed by atoms with Gasteiger partial charge in [-0.2, -0.15) is 0 Å². The van der Waals surface area contributed by atoms with Crippen LogP contribution in [0.5, 0.6) is 0 Å². The molecule has 118 valence electrons. The van der Waals surface area contributed by atoms with Crippen molar-refractivity contribution in [2.75, 3.05) is 24.5 Å². The third-order valence-corrected chi connectivity index (χ3v) is 5.59. The highest BCUT2D eigenvalue weighted by molar-refractivity contribution is 9.10. The number of nitrogens with zero attached hydrogens (tertiary/aromatic N) is 2. The average molecular weight is 365 g/mol. The summed E-state index contributed by atoms with van der Waals surface area (Å²) in [6.45, 7) is 3.24. The van der Waals surface area contributed by atoms with E-state index in [0.717, 1.165) is 42.6 Å². The van der Waals surface area contributed by atoms with E-state index in [1.54, 1.807) is 0 Å². The van der Waals surface area contributed by atoms with Crippen LogP contribution >= 0.6 is 15.9 Å². The van der Waals surface area contributed by atoms with Crippen LogP contribution in [0.4, 0.5) is 10.5 Å². The van der Waals surface area contributed by atoms with Gasteiger partial charge in [0.15, 0.2) is 0 Å². The Balaban J connectivity index is 1.48. The molecule has 1 saturated carbocycles. The summed E-state index contributed by atoms with van der Waals surface area (Å²) in [5, 5.41) is 0. The zero-order valence-electron chi connectivity index (χ0n) is 12.6. The first-order valence-electron chi connectivity index (χ1n) is 8.18. The van der Waals surface area contributed by atoms with Crippen LogP contribution in [0.3, 0.4) is 0 Å². The van der Waals surface area contributed by atoms with Gasteiger partial charge in [0.1, 0.15) is 6.10 Å². The number of ether oxygens (including phenoxy) is 1. The molecule has 0 radical (unpaired) electrons. The van der Waals surface area contributed by atoms with Gasteiger partial charge in [-0.1, -0.05) is 15.9 Å². The normalized spacial score (nSPS) is 30.1. The van der Waals surface area contributed by atoms with E-state index in [4.69, 9.17) is 4.74 Å². The first kappa shape index (κ1) is 14.5. The number of hydrogen-bond acceptors (Lipinski definition) is 3. The van der Waals surface area contributed by atoms with Gasteiger partial charge in [-0.25, -0.2) is 4.79 Å². The van der Waals surface area contributed by atoms with E-state index in [-0.39, 0.29) is 12.2 Å². The maximum absolute atomic E-state index is 12.7. The van der Waals surface area contributed by atoms with Crippen LogP contribution < -0.4 is 4.90 Å². The molecule has 0 N–H and O–H groups in total. The number of fused-ring (bicyclic) bond motifs is 3. The Morgan fingerprint density at radius 2 is 1.82 bits per heavy atom. The molecule has 3 aliphatic heterocycles. The molecule has 0 spiro atoms. The Hall–Kier alpha value is -1.07. The second kappa shape index (κ2) is 5.85. The first-order chi connectivity index (χ1) is 10.7. The van der Waals surface area contributed by atoms with Crippen molar-refractivity contribution in [2.45, 2.75) is 37.8 Å². The van der Waals surface area contributed by atoms with Gasteiger partial charge in [0.2, 0.25) is 0 Å². The summed E-state index contributed by atoms with van der Waals surface area (Å²) < 4.78 is 6.93. The molecule has 4 nitrogen and oxygen atoms in total. The summed E-state index contributed by atoms with van der Waals surface area (Å²) in [7, 11) is 0. The molecule has 1 unspecified atom stereocenters. The second-order valence-electron chi connectivity index (χ2n) is 6.64. The van der Waals surface area contributed by atoms with Crippen LogP contribution in [-0.4, -0.2) is 42.8 Å². The summed E-state index contributed by atoms with van der Waals surface area (Å²) in [6.07, 6.45) is 4.39. The number of piperidine rings is 3. The van der Waals surface area contributed by atoms with E-state index in [9.17, 15) is 4.79 Å². The van der Waals surface area contributed by atoms with Gasteiger partial charge in [-0.05, 0) is 69.0 Å². The lowest BCUT2D eigenvalue weighted by atomic mass is 9.86. The Morgan fingerprint density at radius 1 is 1.14 bits per heavy atom. The number of amides is 1. The predicted octanol–water partition coefficient (Wildman–Crippen LogP) is 3.65. The molecule has 1 atom stereocenters. The minimum atomic E-state index is -0.163. The summed E-state index contributed by atoms with van der Waals surface area (Å²) in [4.78, 5) is 17.0. The highest BCUT2D eigenvalue weighted by Gasteiger charge is 2.40. The fourth-order valence-corrected chi connectivity index (χ4v) is 3.89. The topological polar surface area (TPSA) is 32.8 Å². The molecule has 22 heavy (non-hydrogen) atoms. The van der Waals surface area contributed by atoms with Gasteiger partial charge in [-0.3, -0.25) is 9.80 Å². The van der Waals surface area contributed by atoms with Gasteiger partial charge >= 0.3 is 6.09 Å². The lowest BCUT2D eigenvalue weighted by molar-refractivity contribution is -0.0311. The maximum atomic E-state index is 12.7. The minimum absolute atomic E-state index is 0.0756. The lowest BCUT2D eigenvalue weighted by Gasteiger charge is -2.44. The molecular weight excluding hydrogens is 344 g/mol. The number of carbonyl (C=O) groups excluding carboxylic acids is 1. The molecule has 4 aliphatic rings. The Labute approximate surface area is 139 Å². The van der Waals surface area contributed by atoms with Gasteiger partial charge in [-0.15, -0.1) is 0 Å². The van der Waals surface area contributed by atoms with E-state index in [1.165, 1.54) is 12.8 Å². The van der Waals surface area contributed by atoms with E-state index in [0.29, 0.717) is 12.0 Å². The van der Waals surface area contributed by atoms with Crippen molar-refractivity contribution in [3.63, 3.8) is 0 Å². The number of halogens is 1. The molecule has 1 aromatic rings. The first-order valence-corrected chi connectivity index (χ1v) is 8.98. The van der Waals surface area contributed by atoms with Gasteiger partial charge in [0, 0.05) is 22.7 Å². The molecule has 3 saturated heterocycles. The molecule has 5 heteroatoms. The number of anilines is 1. The Kier molecular flexibility index (Phi) is 3.86. The quantitative estimate of drug-likeness (QED) is 0.820. The Morgan fingerprint density at radius 3 is 2.36 bits per heavy atom. The van der Waals surface area contributed by atoms with Crippen molar-refractivity contribution >= 4 is 27.7 Å². The molecule has 3 heterocycles. The van der Waals surface area contributed by atoms with Crippen molar-refractivity contribution in [1.29, 1.82) is 0 Å². The highest BCUT2D eigenvalue weighted by Crippen LogP contribution is 2.35. The molecular formula is C17H21BrN2O2. The fourth-order valence-electron chi connectivity index (χ4n) is 3.63. The molecule has 0 aromatic heterocycles. The van der Waals surface area contributed by atoms with Crippen molar-refractivity contribution in [1.82, 2.24) is 4.90 Å². The van der Waals surface area contributed by atoms with Crippen LogP contribution in [0.2, 0.25) is 0 Å². The molecule has 2 bridgehead atoms. The van der Waals surface area contributed by atoms with Gasteiger partial charge < -0.3 is 4.74 Å². The highest BCUT2D eigenvalue weighted by atomic mass is 79.9. The van der Waals surface area contributed by atoms with Crippen LogP contribution in [-0.2, 0) is 4.74 Å². The van der Waals surface area contributed by atoms with Crippen molar-refractivity contribution in [3.8, 4) is 0 Å². The Bertz CT molecular complexity index is 550. The largest absolute Gasteiger partial charge is 0.444 e. The summed E-state index contributed by atoms with van der Waals surface area (Å²) >= 11 is 3.45. The monoisotopic (exact) mass is 364 g/mol. The SMILES string of the molecule is O=C(OC1CN2CCC1CC2)N(c1ccc(Br)cc1)C1CC1. The smallest absolute Gasteiger partial charge is 0.414 e. The van der Waals surface area contributed by atoms with Gasteiger partial charge in [0.05, 0.1) is 0 Å². The van der Waals surface area contributed by atoms with Crippen molar-refractivity contribution in [3.05, 3.63) is 28.7 Å². The number of carbonyl (C=O) groups is 1. The zero-order chi connectivity index (χ0) is 15.1.